The number of nitro benzene ring substituents is 1. The zero-order valence-corrected chi connectivity index (χ0v) is 13.0. The van der Waals surface area contributed by atoms with Gasteiger partial charge in [-0.05, 0) is 19.3 Å². The first-order valence-electron chi connectivity index (χ1n) is 7.40. The molecule has 1 aromatic carbocycles. The minimum atomic E-state index is -0.411. The summed E-state index contributed by atoms with van der Waals surface area (Å²) < 4.78 is 5.53. The van der Waals surface area contributed by atoms with Crippen molar-refractivity contribution in [2.45, 2.75) is 45.6 Å². The van der Waals surface area contributed by atoms with Crippen molar-refractivity contribution >= 4 is 11.4 Å². The maximum Gasteiger partial charge on any atom is 0.275 e. The fourth-order valence-electron chi connectivity index (χ4n) is 2.14. The zero-order valence-electron chi connectivity index (χ0n) is 13.0. The number of nitrogens with two attached hydrogens (primary N) is 1. The molecule has 3 N–H and O–H groups in total. The molecule has 21 heavy (non-hydrogen) atoms. The first-order chi connectivity index (χ1) is 10.00. The van der Waals surface area contributed by atoms with Crippen LogP contribution in [0.3, 0.4) is 0 Å². The summed E-state index contributed by atoms with van der Waals surface area (Å²) in [7, 11) is 0. The van der Waals surface area contributed by atoms with Crippen molar-refractivity contribution in [2.24, 2.45) is 5.73 Å². The van der Waals surface area contributed by atoms with Gasteiger partial charge in [0.1, 0.15) is 5.75 Å². The second-order valence-electron chi connectivity index (χ2n) is 5.14. The molecule has 0 aliphatic heterocycles. The Balaban J connectivity index is 3.09. The summed E-state index contributed by atoms with van der Waals surface area (Å²) in [5.74, 6) is 0.506. The van der Waals surface area contributed by atoms with E-state index >= 15 is 0 Å². The third-order valence-electron chi connectivity index (χ3n) is 3.73. The Hall–Kier alpha value is -1.82. The number of nitrogens with zero attached hydrogens (tertiary/aromatic N) is 1. The van der Waals surface area contributed by atoms with Crippen LogP contribution in [-0.2, 0) is 0 Å². The van der Waals surface area contributed by atoms with Crippen LogP contribution in [0.5, 0.6) is 5.75 Å². The first kappa shape index (κ1) is 17.2. The van der Waals surface area contributed by atoms with Crippen molar-refractivity contribution in [3.8, 4) is 5.75 Å². The van der Waals surface area contributed by atoms with Crippen molar-refractivity contribution in [2.75, 3.05) is 18.5 Å². The number of rotatable bonds is 9. The van der Waals surface area contributed by atoms with E-state index in [1.165, 1.54) is 12.1 Å². The minimum absolute atomic E-state index is 0.0178. The van der Waals surface area contributed by atoms with Crippen LogP contribution in [-0.4, -0.2) is 23.6 Å². The summed E-state index contributed by atoms with van der Waals surface area (Å²) >= 11 is 0. The van der Waals surface area contributed by atoms with E-state index < -0.39 is 4.92 Å². The molecule has 118 valence electrons. The van der Waals surface area contributed by atoms with Crippen LogP contribution in [0, 0.1) is 10.1 Å². The lowest BCUT2D eigenvalue weighted by Crippen LogP contribution is -2.44. The fraction of sp³-hybridized carbons (Fsp3) is 0.600. The molecule has 0 unspecified atom stereocenters. The fourth-order valence-corrected chi connectivity index (χ4v) is 2.14. The van der Waals surface area contributed by atoms with E-state index in [2.05, 4.69) is 19.2 Å². The molecule has 0 bridgehead atoms. The van der Waals surface area contributed by atoms with Gasteiger partial charge in [-0.3, -0.25) is 10.1 Å². The summed E-state index contributed by atoms with van der Waals surface area (Å²) in [6.45, 7) is 7.09. The zero-order chi connectivity index (χ0) is 15.9. The molecule has 0 heterocycles. The van der Waals surface area contributed by atoms with E-state index in [0.717, 1.165) is 19.3 Å². The van der Waals surface area contributed by atoms with Gasteiger partial charge in [0.05, 0.1) is 17.6 Å². The van der Waals surface area contributed by atoms with Gasteiger partial charge in [-0.2, -0.15) is 0 Å². The maximum absolute atomic E-state index is 11.1. The Bertz CT molecular complexity index is 465. The quantitative estimate of drug-likeness (QED) is 0.538. The molecule has 6 nitrogen and oxygen atoms in total. The summed E-state index contributed by atoms with van der Waals surface area (Å²) in [6.07, 6.45) is 2.53. The molecule has 1 rings (SSSR count). The van der Waals surface area contributed by atoms with E-state index in [1.54, 1.807) is 6.07 Å². The molecule has 0 saturated heterocycles. The number of ether oxygens (including phenoxy) is 1. The van der Waals surface area contributed by atoms with Gasteiger partial charge in [0, 0.05) is 29.9 Å². The van der Waals surface area contributed by atoms with Gasteiger partial charge in [0.2, 0.25) is 0 Å². The highest BCUT2D eigenvalue weighted by Gasteiger charge is 2.25. The van der Waals surface area contributed by atoms with Crippen molar-refractivity contribution in [3.63, 3.8) is 0 Å². The van der Waals surface area contributed by atoms with Gasteiger partial charge in [-0.25, -0.2) is 0 Å². The Labute approximate surface area is 125 Å². The van der Waals surface area contributed by atoms with E-state index in [-0.39, 0.29) is 11.2 Å². The average molecular weight is 295 g/mol. The van der Waals surface area contributed by atoms with Crippen molar-refractivity contribution in [1.29, 1.82) is 0 Å². The van der Waals surface area contributed by atoms with E-state index in [9.17, 15) is 10.1 Å². The number of nitro groups is 1. The summed E-state index contributed by atoms with van der Waals surface area (Å²) in [4.78, 5) is 10.6. The second-order valence-corrected chi connectivity index (χ2v) is 5.14. The van der Waals surface area contributed by atoms with Crippen LogP contribution in [0.25, 0.3) is 0 Å². The molecule has 0 spiro atoms. The second kappa shape index (κ2) is 7.83. The summed E-state index contributed by atoms with van der Waals surface area (Å²) in [6, 6.07) is 4.76. The largest absolute Gasteiger partial charge is 0.493 e. The van der Waals surface area contributed by atoms with Gasteiger partial charge < -0.3 is 15.8 Å². The number of hydrogen-bond acceptors (Lipinski definition) is 5. The monoisotopic (exact) mass is 295 g/mol. The number of benzene rings is 1. The summed E-state index contributed by atoms with van der Waals surface area (Å²) in [5.41, 5.74) is 6.30. The van der Waals surface area contributed by atoms with Crippen molar-refractivity contribution < 1.29 is 9.66 Å². The Morgan fingerprint density at radius 3 is 2.43 bits per heavy atom. The Morgan fingerprint density at radius 1 is 1.29 bits per heavy atom. The third-order valence-corrected chi connectivity index (χ3v) is 3.73. The highest BCUT2D eigenvalue weighted by molar-refractivity contribution is 5.57. The van der Waals surface area contributed by atoms with Crippen LogP contribution in [0.1, 0.15) is 40.0 Å². The normalized spacial score (nSPS) is 11.2. The molecular weight excluding hydrogens is 270 g/mol. The highest BCUT2D eigenvalue weighted by Crippen LogP contribution is 2.29. The van der Waals surface area contributed by atoms with Crippen LogP contribution in [0.15, 0.2) is 18.2 Å². The molecule has 0 aliphatic carbocycles. The smallest absolute Gasteiger partial charge is 0.275 e. The highest BCUT2D eigenvalue weighted by atomic mass is 16.6. The molecule has 0 aliphatic rings. The van der Waals surface area contributed by atoms with Crippen LogP contribution in [0.2, 0.25) is 0 Å². The van der Waals surface area contributed by atoms with Crippen LogP contribution in [0.4, 0.5) is 11.4 Å². The van der Waals surface area contributed by atoms with Gasteiger partial charge in [0.25, 0.3) is 5.69 Å². The number of anilines is 1. The SMILES string of the molecule is CCCOc1cc(NC(CC)(CC)CN)cc([N+](=O)[O-])c1. The van der Waals surface area contributed by atoms with Crippen LogP contribution < -0.4 is 15.8 Å². The lowest BCUT2D eigenvalue weighted by atomic mass is 9.92. The predicted octanol–water partition coefficient (Wildman–Crippen LogP) is 3.31. The third kappa shape index (κ3) is 4.60. The standard InChI is InChI=1S/C15H25N3O3/c1-4-7-21-14-9-12(8-13(10-14)18(19)20)17-15(5-2,6-3)11-16/h8-10,17H,4-7,11,16H2,1-3H3. The van der Waals surface area contributed by atoms with E-state index in [0.29, 0.717) is 24.6 Å². The van der Waals surface area contributed by atoms with Gasteiger partial charge in [0.15, 0.2) is 0 Å². The van der Waals surface area contributed by atoms with E-state index in [4.69, 9.17) is 10.5 Å². The number of nitrogens with one attached hydrogen (secondary N) is 1. The molecule has 0 fully saturated rings. The molecule has 0 atom stereocenters. The van der Waals surface area contributed by atoms with E-state index in [1.807, 2.05) is 6.92 Å². The van der Waals surface area contributed by atoms with Gasteiger partial charge in [-0.1, -0.05) is 20.8 Å². The maximum atomic E-state index is 11.1. The molecule has 1 aromatic rings. The molecule has 0 radical (unpaired) electrons. The molecular formula is C15H25N3O3. The van der Waals surface area contributed by atoms with Gasteiger partial charge in [-0.15, -0.1) is 0 Å². The summed E-state index contributed by atoms with van der Waals surface area (Å²) in [5, 5.41) is 14.4. The molecule has 0 amide bonds. The predicted molar refractivity (Wildman–Crippen MR) is 84.9 cm³/mol. The molecule has 6 heteroatoms. The number of hydrogen-bond donors (Lipinski definition) is 2. The first-order valence-corrected chi connectivity index (χ1v) is 7.40. The Kier molecular flexibility index (Phi) is 6.42. The Morgan fingerprint density at radius 2 is 1.95 bits per heavy atom. The lowest BCUT2D eigenvalue weighted by Gasteiger charge is -2.32. The lowest BCUT2D eigenvalue weighted by molar-refractivity contribution is -0.384. The topological polar surface area (TPSA) is 90.4 Å². The minimum Gasteiger partial charge on any atom is -0.493 e. The number of non-ortho nitro benzene ring substituents is 1. The molecule has 0 aromatic heterocycles. The average Bonchev–Trinajstić information content (AvgIpc) is 2.50. The van der Waals surface area contributed by atoms with Crippen LogP contribution >= 0.6 is 0 Å². The van der Waals surface area contributed by atoms with Gasteiger partial charge >= 0.3 is 0 Å². The van der Waals surface area contributed by atoms with Crippen molar-refractivity contribution in [1.82, 2.24) is 0 Å². The van der Waals surface area contributed by atoms with Crippen molar-refractivity contribution in [3.05, 3.63) is 28.3 Å². The molecule has 0 saturated carbocycles.